The van der Waals surface area contributed by atoms with Crippen molar-refractivity contribution in [1.82, 2.24) is 15.5 Å². The average Bonchev–Trinajstić information content (AvgIpc) is 3.02. The highest BCUT2D eigenvalue weighted by atomic mass is 16.3. The van der Waals surface area contributed by atoms with Gasteiger partial charge in [-0.1, -0.05) is 30.3 Å². The molecule has 0 bridgehead atoms. The zero-order valence-corrected chi connectivity index (χ0v) is 13.6. The van der Waals surface area contributed by atoms with Crippen molar-refractivity contribution in [1.29, 1.82) is 0 Å². The molecule has 2 heterocycles. The van der Waals surface area contributed by atoms with Gasteiger partial charge in [0.15, 0.2) is 0 Å². The topological polar surface area (TPSA) is 64.6 Å². The number of aliphatic hydroxyl groups excluding tert-OH is 1. The third-order valence-corrected chi connectivity index (χ3v) is 4.92. The van der Waals surface area contributed by atoms with Gasteiger partial charge in [-0.05, 0) is 31.2 Å². The molecule has 2 atom stereocenters. The van der Waals surface area contributed by atoms with Crippen LogP contribution in [-0.2, 0) is 11.2 Å². The Hall–Kier alpha value is -1.43. The molecule has 5 nitrogen and oxygen atoms in total. The van der Waals surface area contributed by atoms with E-state index in [-0.39, 0.29) is 24.1 Å². The van der Waals surface area contributed by atoms with Gasteiger partial charge in [0.1, 0.15) is 0 Å². The van der Waals surface area contributed by atoms with E-state index in [9.17, 15) is 9.90 Å². The van der Waals surface area contributed by atoms with Crippen LogP contribution < -0.4 is 10.6 Å². The number of piperidine rings is 1. The molecule has 2 aliphatic heterocycles. The van der Waals surface area contributed by atoms with E-state index >= 15 is 0 Å². The lowest BCUT2D eigenvalue weighted by Gasteiger charge is -2.32. The van der Waals surface area contributed by atoms with E-state index in [4.69, 9.17) is 0 Å². The lowest BCUT2D eigenvalue weighted by Crippen LogP contribution is -2.49. The van der Waals surface area contributed by atoms with Gasteiger partial charge in [0.25, 0.3) is 0 Å². The highest BCUT2D eigenvalue weighted by molar-refractivity contribution is 5.82. The minimum atomic E-state index is -0.384. The summed E-state index contributed by atoms with van der Waals surface area (Å²) in [5.41, 5.74) is 1.38. The molecule has 1 aromatic rings. The summed E-state index contributed by atoms with van der Waals surface area (Å²) >= 11 is 0. The van der Waals surface area contributed by atoms with Crippen LogP contribution in [0, 0.1) is 0 Å². The number of nitrogens with one attached hydrogen (secondary N) is 2. The van der Waals surface area contributed by atoms with Crippen molar-refractivity contribution in [2.75, 3.05) is 26.2 Å². The number of amides is 1. The summed E-state index contributed by atoms with van der Waals surface area (Å²) in [5.74, 6) is 0.0456. The highest BCUT2D eigenvalue weighted by Gasteiger charge is 2.30. The summed E-state index contributed by atoms with van der Waals surface area (Å²) < 4.78 is 0. The van der Waals surface area contributed by atoms with Gasteiger partial charge in [0.05, 0.1) is 12.1 Å². The van der Waals surface area contributed by atoms with Crippen LogP contribution in [-0.4, -0.2) is 60.3 Å². The molecule has 0 spiro atoms. The van der Waals surface area contributed by atoms with Gasteiger partial charge in [0, 0.05) is 32.2 Å². The van der Waals surface area contributed by atoms with Crippen LogP contribution in [0.15, 0.2) is 30.3 Å². The van der Waals surface area contributed by atoms with Crippen molar-refractivity contribution in [3.05, 3.63) is 35.9 Å². The molecule has 2 fully saturated rings. The number of aliphatic hydroxyl groups is 1. The van der Waals surface area contributed by atoms with Gasteiger partial charge in [0.2, 0.25) is 5.91 Å². The van der Waals surface area contributed by atoms with Gasteiger partial charge in [-0.25, -0.2) is 0 Å². The predicted molar refractivity (Wildman–Crippen MR) is 90.2 cm³/mol. The summed E-state index contributed by atoms with van der Waals surface area (Å²) in [6, 6.07) is 10.6. The molecule has 5 heteroatoms. The molecule has 0 aliphatic carbocycles. The SMILES string of the molecule is O=C(NC1CCN(CCc2ccccc2)CC1)C1CC(O)CN1. The minimum Gasteiger partial charge on any atom is -0.392 e. The normalized spacial score (nSPS) is 26.3. The molecular weight excluding hydrogens is 290 g/mol. The maximum atomic E-state index is 12.2. The lowest BCUT2D eigenvalue weighted by atomic mass is 10.0. The van der Waals surface area contributed by atoms with Gasteiger partial charge in [-0.2, -0.15) is 0 Å². The van der Waals surface area contributed by atoms with Gasteiger partial charge in [-0.3, -0.25) is 4.79 Å². The molecule has 3 rings (SSSR count). The smallest absolute Gasteiger partial charge is 0.237 e. The summed E-state index contributed by atoms with van der Waals surface area (Å²) in [6.07, 6.45) is 3.25. The maximum Gasteiger partial charge on any atom is 0.237 e. The zero-order valence-electron chi connectivity index (χ0n) is 13.6. The van der Waals surface area contributed by atoms with E-state index in [1.807, 2.05) is 0 Å². The van der Waals surface area contributed by atoms with Gasteiger partial charge < -0.3 is 20.6 Å². The number of rotatable bonds is 5. The average molecular weight is 317 g/mol. The molecular formula is C18H27N3O2. The van der Waals surface area contributed by atoms with E-state index in [1.54, 1.807) is 0 Å². The van der Waals surface area contributed by atoms with Crippen LogP contribution in [0.1, 0.15) is 24.8 Å². The maximum absolute atomic E-state index is 12.2. The Morgan fingerprint density at radius 1 is 1.26 bits per heavy atom. The van der Waals surface area contributed by atoms with Crippen molar-refractivity contribution >= 4 is 5.91 Å². The van der Waals surface area contributed by atoms with Crippen molar-refractivity contribution in [2.45, 2.75) is 43.9 Å². The third-order valence-electron chi connectivity index (χ3n) is 4.92. The third kappa shape index (κ3) is 4.77. The molecule has 1 amide bonds. The van der Waals surface area contributed by atoms with Crippen LogP contribution in [0.3, 0.4) is 0 Å². The first-order valence-corrected chi connectivity index (χ1v) is 8.69. The first-order valence-electron chi connectivity index (χ1n) is 8.69. The number of carbonyl (C=O) groups is 1. The Bertz CT molecular complexity index is 500. The summed E-state index contributed by atoms with van der Waals surface area (Å²) in [4.78, 5) is 14.6. The first kappa shape index (κ1) is 16.4. The minimum absolute atomic E-state index is 0.0456. The van der Waals surface area contributed by atoms with Crippen molar-refractivity contribution < 1.29 is 9.90 Å². The molecule has 1 aromatic carbocycles. The number of hydrogen-bond donors (Lipinski definition) is 3. The monoisotopic (exact) mass is 317 g/mol. The molecule has 3 N–H and O–H groups in total. The molecule has 0 aromatic heterocycles. The van der Waals surface area contributed by atoms with Crippen LogP contribution in [0.25, 0.3) is 0 Å². The molecule has 2 unspecified atom stereocenters. The number of likely N-dealkylation sites (tertiary alicyclic amines) is 1. The Labute approximate surface area is 138 Å². The van der Waals surface area contributed by atoms with Crippen LogP contribution in [0.2, 0.25) is 0 Å². The Kier molecular flexibility index (Phi) is 5.65. The van der Waals surface area contributed by atoms with E-state index in [0.29, 0.717) is 13.0 Å². The van der Waals surface area contributed by atoms with Crippen LogP contribution >= 0.6 is 0 Å². The van der Waals surface area contributed by atoms with Crippen LogP contribution in [0.5, 0.6) is 0 Å². The second-order valence-corrected chi connectivity index (χ2v) is 6.71. The van der Waals surface area contributed by atoms with Crippen molar-refractivity contribution in [3.8, 4) is 0 Å². The fourth-order valence-electron chi connectivity index (χ4n) is 3.45. The predicted octanol–water partition coefficient (Wildman–Crippen LogP) is 0.532. The first-order chi connectivity index (χ1) is 11.2. The van der Waals surface area contributed by atoms with Gasteiger partial charge >= 0.3 is 0 Å². The molecule has 126 valence electrons. The van der Waals surface area contributed by atoms with E-state index in [0.717, 1.165) is 38.9 Å². The second kappa shape index (κ2) is 7.90. The Balaban J connectivity index is 1.36. The molecule has 0 saturated carbocycles. The van der Waals surface area contributed by atoms with Gasteiger partial charge in [-0.15, -0.1) is 0 Å². The van der Waals surface area contributed by atoms with E-state index < -0.39 is 0 Å². The number of β-amino-alcohol motifs (C(OH)–C–C–N with tert-alkyl or cyclic N) is 1. The zero-order chi connectivity index (χ0) is 16.1. The van der Waals surface area contributed by atoms with Crippen molar-refractivity contribution in [3.63, 3.8) is 0 Å². The number of carbonyl (C=O) groups excluding carboxylic acids is 1. The fourth-order valence-corrected chi connectivity index (χ4v) is 3.45. The summed E-state index contributed by atoms with van der Waals surface area (Å²) in [6.45, 7) is 3.69. The Morgan fingerprint density at radius 3 is 2.65 bits per heavy atom. The lowest BCUT2D eigenvalue weighted by molar-refractivity contribution is -0.124. The summed E-state index contributed by atoms with van der Waals surface area (Å²) in [5, 5.41) is 15.7. The fraction of sp³-hybridized carbons (Fsp3) is 0.611. The number of benzene rings is 1. The summed E-state index contributed by atoms with van der Waals surface area (Å²) in [7, 11) is 0. The molecule has 2 saturated heterocycles. The van der Waals surface area contributed by atoms with E-state index in [2.05, 4.69) is 45.9 Å². The number of nitrogens with zero attached hydrogens (tertiary/aromatic N) is 1. The largest absolute Gasteiger partial charge is 0.392 e. The van der Waals surface area contributed by atoms with Crippen molar-refractivity contribution in [2.24, 2.45) is 0 Å². The quantitative estimate of drug-likeness (QED) is 0.741. The number of hydrogen-bond acceptors (Lipinski definition) is 4. The molecule has 23 heavy (non-hydrogen) atoms. The molecule has 0 radical (unpaired) electrons. The Morgan fingerprint density at radius 2 is 2.00 bits per heavy atom. The molecule has 2 aliphatic rings. The second-order valence-electron chi connectivity index (χ2n) is 6.71. The highest BCUT2D eigenvalue weighted by Crippen LogP contribution is 2.13. The standard InChI is InChI=1S/C18H27N3O2/c22-16-12-17(19-13-16)18(23)20-15-7-10-21(11-8-15)9-6-14-4-2-1-3-5-14/h1-5,15-17,19,22H,6-13H2,(H,20,23). The van der Waals surface area contributed by atoms with E-state index in [1.165, 1.54) is 5.56 Å². The van der Waals surface area contributed by atoms with Crippen LogP contribution in [0.4, 0.5) is 0 Å².